The van der Waals surface area contributed by atoms with Crippen LogP contribution in [0.5, 0.6) is 0 Å². The van der Waals surface area contributed by atoms with E-state index in [2.05, 4.69) is 22.2 Å². The molecule has 0 spiro atoms. The predicted octanol–water partition coefficient (Wildman–Crippen LogP) is 4.48. The van der Waals surface area contributed by atoms with Crippen LogP contribution in [0.2, 0.25) is 0 Å². The fraction of sp³-hybridized carbons (Fsp3) is 0.190. The van der Waals surface area contributed by atoms with Crippen LogP contribution in [0, 0.1) is 17.1 Å². The zero-order valence-electron chi connectivity index (χ0n) is 13.8. The lowest BCUT2D eigenvalue weighted by Crippen LogP contribution is -2.36. The Hall–Kier alpha value is -2.90. The Bertz CT molecular complexity index is 961. The van der Waals surface area contributed by atoms with Crippen LogP contribution in [0.1, 0.15) is 17.5 Å². The van der Waals surface area contributed by atoms with E-state index in [0.717, 1.165) is 41.5 Å². The fourth-order valence-corrected chi connectivity index (χ4v) is 3.55. The van der Waals surface area contributed by atoms with Gasteiger partial charge in [-0.1, -0.05) is 36.4 Å². The molecule has 0 saturated carbocycles. The first-order valence-corrected chi connectivity index (χ1v) is 8.45. The molecule has 1 heterocycles. The van der Waals surface area contributed by atoms with Crippen molar-refractivity contribution < 1.29 is 4.39 Å². The minimum absolute atomic E-state index is 0.202. The van der Waals surface area contributed by atoms with Crippen LogP contribution in [-0.4, -0.2) is 18.1 Å². The van der Waals surface area contributed by atoms with Gasteiger partial charge < -0.3 is 5.01 Å². The van der Waals surface area contributed by atoms with Gasteiger partial charge in [-0.2, -0.15) is 5.26 Å². The van der Waals surface area contributed by atoms with E-state index in [9.17, 15) is 9.65 Å². The van der Waals surface area contributed by atoms with Crippen LogP contribution < -0.4 is 5.01 Å². The van der Waals surface area contributed by atoms with E-state index >= 15 is 0 Å². The molecule has 0 radical (unpaired) electrons. The van der Waals surface area contributed by atoms with Gasteiger partial charge in [0, 0.05) is 30.4 Å². The van der Waals surface area contributed by atoms with Crippen molar-refractivity contribution in [2.75, 3.05) is 18.1 Å². The zero-order chi connectivity index (χ0) is 17.2. The van der Waals surface area contributed by atoms with Crippen molar-refractivity contribution in [3.8, 4) is 6.07 Å². The average molecular weight is 331 g/mol. The third-order valence-electron chi connectivity index (χ3n) is 4.68. The maximum atomic E-state index is 13.5. The number of halogens is 1. The second kappa shape index (κ2) is 6.54. The molecular weight excluding hydrogens is 313 g/mol. The lowest BCUT2D eigenvalue weighted by molar-refractivity contribution is 0.303. The van der Waals surface area contributed by atoms with Gasteiger partial charge in [-0.25, -0.2) is 9.40 Å². The molecule has 0 aromatic heterocycles. The minimum atomic E-state index is -0.202. The number of nitriles is 1. The molecule has 0 N–H and O–H groups in total. The van der Waals surface area contributed by atoms with E-state index in [0.29, 0.717) is 12.1 Å². The first-order valence-electron chi connectivity index (χ1n) is 8.45. The van der Waals surface area contributed by atoms with Crippen LogP contribution in [0.3, 0.4) is 0 Å². The van der Waals surface area contributed by atoms with Crippen molar-refractivity contribution in [3.05, 3.63) is 77.6 Å². The van der Waals surface area contributed by atoms with Crippen molar-refractivity contribution >= 4 is 16.5 Å². The summed E-state index contributed by atoms with van der Waals surface area (Å²) in [5, 5.41) is 15.9. The van der Waals surface area contributed by atoms with Gasteiger partial charge in [0.05, 0.1) is 17.3 Å². The highest BCUT2D eigenvalue weighted by Gasteiger charge is 2.24. The number of anilines is 1. The van der Waals surface area contributed by atoms with Crippen molar-refractivity contribution in [3.63, 3.8) is 0 Å². The number of hydrogen-bond donors (Lipinski definition) is 0. The summed E-state index contributed by atoms with van der Waals surface area (Å²) in [5.41, 5.74) is 2.75. The molecule has 25 heavy (non-hydrogen) atoms. The summed E-state index contributed by atoms with van der Waals surface area (Å²) in [6, 6.07) is 21.0. The number of rotatable bonds is 3. The third kappa shape index (κ3) is 2.95. The molecule has 4 heteroatoms. The average Bonchev–Trinajstić information content (AvgIpc) is 3.08. The van der Waals surface area contributed by atoms with E-state index in [1.54, 1.807) is 12.1 Å². The number of hydrogen-bond acceptors (Lipinski definition) is 3. The highest BCUT2D eigenvalue weighted by molar-refractivity contribution is 5.97. The molecular formula is C21H18FN3. The van der Waals surface area contributed by atoms with Crippen LogP contribution in [-0.2, 0) is 6.54 Å². The quantitative estimate of drug-likeness (QED) is 0.709. The predicted molar refractivity (Wildman–Crippen MR) is 97.4 cm³/mol. The van der Waals surface area contributed by atoms with Crippen LogP contribution >= 0.6 is 0 Å². The molecule has 1 aliphatic rings. The molecule has 1 aliphatic heterocycles. The second-order valence-electron chi connectivity index (χ2n) is 6.28. The van der Waals surface area contributed by atoms with Gasteiger partial charge in [0.15, 0.2) is 0 Å². The summed E-state index contributed by atoms with van der Waals surface area (Å²) in [6.07, 6.45) is 1.06. The van der Waals surface area contributed by atoms with Gasteiger partial charge in [-0.15, -0.1) is 0 Å². The number of fused-ring (bicyclic) bond motifs is 1. The maximum Gasteiger partial charge on any atom is 0.123 e. The molecule has 4 rings (SSSR count). The topological polar surface area (TPSA) is 30.3 Å². The molecule has 3 aromatic carbocycles. The molecule has 0 bridgehead atoms. The molecule has 1 fully saturated rings. The van der Waals surface area contributed by atoms with Crippen molar-refractivity contribution in [2.24, 2.45) is 0 Å². The highest BCUT2D eigenvalue weighted by Crippen LogP contribution is 2.32. The SMILES string of the molecule is N#Cc1ccc(N2CCCN2Cc2cccc(F)c2)c2ccccc12. The van der Waals surface area contributed by atoms with Gasteiger partial charge in [-0.05, 0) is 36.2 Å². The lowest BCUT2D eigenvalue weighted by atomic mass is 10.0. The zero-order valence-corrected chi connectivity index (χ0v) is 13.8. The number of hydrazine groups is 1. The number of nitrogens with zero attached hydrogens (tertiary/aromatic N) is 3. The van der Waals surface area contributed by atoms with E-state index in [1.807, 2.05) is 36.4 Å². The van der Waals surface area contributed by atoms with Crippen molar-refractivity contribution in [2.45, 2.75) is 13.0 Å². The van der Waals surface area contributed by atoms with Crippen molar-refractivity contribution in [1.82, 2.24) is 5.01 Å². The molecule has 0 aliphatic carbocycles. The Balaban J connectivity index is 1.71. The first-order chi connectivity index (χ1) is 12.3. The molecule has 124 valence electrons. The Morgan fingerprint density at radius 1 is 0.960 bits per heavy atom. The highest BCUT2D eigenvalue weighted by atomic mass is 19.1. The third-order valence-corrected chi connectivity index (χ3v) is 4.68. The molecule has 1 saturated heterocycles. The first kappa shape index (κ1) is 15.6. The summed E-state index contributed by atoms with van der Waals surface area (Å²) in [5.74, 6) is -0.202. The minimum Gasteiger partial charge on any atom is -0.305 e. The maximum absolute atomic E-state index is 13.5. The van der Waals surface area contributed by atoms with Crippen LogP contribution in [0.25, 0.3) is 10.8 Å². The normalized spacial score (nSPS) is 14.8. The van der Waals surface area contributed by atoms with E-state index in [-0.39, 0.29) is 5.82 Å². The molecule has 0 unspecified atom stereocenters. The molecule has 3 aromatic rings. The monoisotopic (exact) mass is 331 g/mol. The fourth-order valence-electron chi connectivity index (χ4n) is 3.55. The Morgan fingerprint density at radius 2 is 1.80 bits per heavy atom. The van der Waals surface area contributed by atoms with Gasteiger partial charge >= 0.3 is 0 Å². The molecule has 3 nitrogen and oxygen atoms in total. The van der Waals surface area contributed by atoms with E-state index in [1.165, 1.54) is 6.07 Å². The van der Waals surface area contributed by atoms with Crippen LogP contribution in [0.4, 0.5) is 10.1 Å². The standard InChI is InChI=1S/C21H18FN3/c22-18-6-3-5-16(13-18)15-24-11-4-12-25(24)21-10-9-17(14-23)19-7-1-2-8-20(19)21/h1-3,5-10,13H,4,11-12,15H2. The van der Waals surface area contributed by atoms with E-state index < -0.39 is 0 Å². The summed E-state index contributed by atoms with van der Waals surface area (Å²) >= 11 is 0. The lowest BCUT2D eigenvalue weighted by Gasteiger charge is -2.31. The van der Waals surface area contributed by atoms with E-state index in [4.69, 9.17) is 0 Å². The Morgan fingerprint density at radius 3 is 2.60 bits per heavy atom. The van der Waals surface area contributed by atoms with Gasteiger partial charge in [0.1, 0.15) is 5.82 Å². The second-order valence-corrected chi connectivity index (χ2v) is 6.28. The molecule has 0 amide bonds. The summed E-state index contributed by atoms with van der Waals surface area (Å²) in [4.78, 5) is 0. The largest absolute Gasteiger partial charge is 0.305 e. The summed E-state index contributed by atoms with van der Waals surface area (Å²) < 4.78 is 13.5. The van der Waals surface area contributed by atoms with Gasteiger partial charge in [0.2, 0.25) is 0 Å². The molecule has 0 atom stereocenters. The van der Waals surface area contributed by atoms with Crippen LogP contribution in [0.15, 0.2) is 60.7 Å². The Kier molecular flexibility index (Phi) is 4.09. The summed E-state index contributed by atoms with van der Waals surface area (Å²) in [6.45, 7) is 2.53. The van der Waals surface area contributed by atoms with Gasteiger partial charge in [0.25, 0.3) is 0 Å². The number of benzene rings is 3. The smallest absolute Gasteiger partial charge is 0.123 e. The Labute approximate surface area is 146 Å². The van der Waals surface area contributed by atoms with Crippen molar-refractivity contribution in [1.29, 1.82) is 5.26 Å². The summed E-state index contributed by atoms with van der Waals surface area (Å²) in [7, 11) is 0. The van der Waals surface area contributed by atoms with Gasteiger partial charge in [-0.3, -0.25) is 0 Å².